The van der Waals surface area contributed by atoms with Crippen LogP contribution in [0.4, 0.5) is 17.6 Å². The molecular formula is C25H22F4O. The monoisotopic (exact) mass is 414 g/mol. The van der Waals surface area contributed by atoms with E-state index in [4.69, 9.17) is 0 Å². The number of hydrogen-bond acceptors (Lipinski definition) is 1. The summed E-state index contributed by atoms with van der Waals surface area (Å²) in [4.78, 5) is 0. The van der Waals surface area contributed by atoms with Crippen molar-refractivity contribution in [1.29, 1.82) is 0 Å². The highest BCUT2D eigenvalue weighted by atomic mass is 19.4. The zero-order chi connectivity index (χ0) is 21.6. The van der Waals surface area contributed by atoms with Gasteiger partial charge >= 0.3 is 6.36 Å². The number of rotatable bonds is 7. The molecule has 5 heteroatoms. The first-order chi connectivity index (χ1) is 14.4. The second-order valence-electron chi connectivity index (χ2n) is 6.88. The van der Waals surface area contributed by atoms with E-state index >= 15 is 0 Å². The maximum absolute atomic E-state index is 14.7. The van der Waals surface area contributed by atoms with Crippen molar-refractivity contribution >= 4 is 0 Å². The van der Waals surface area contributed by atoms with Gasteiger partial charge in [0.2, 0.25) is 0 Å². The molecule has 0 atom stereocenters. The van der Waals surface area contributed by atoms with Gasteiger partial charge in [0.15, 0.2) is 0 Å². The fraction of sp³-hybridized carbons (Fsp3) is 0.200. The van der Waals surface area contributed by atoms with E-state index in [0.717, 1.165) is 30.4 Å². The zero-order valence-corrected chi connectivity index (χ0v) is 16.5. The Labute approximate surface area is 173 Å². The number of ether oxygens (including phenoxy) is 1. The van der Waals surface area contributed by atoms with Gasteiger partial charge in [-0.3, -0.25) is 0 Å². The van der Waals surface area contributed by atoms with Crippen molar-refractivity contribution in [2.45, 2.75) is 32.5 Å². The molecule has 0 aliphatic carbocycles. The van der Waals surface area contributed by atoms with E-state index in [0.29, 0.717) is 11.1 Å². The lowest BCUT2D eigenvalue weighted by Gasteiger charge is -2.10. The fourth-order valence-corrected chi connectivity index (χ4v) is 3.16. The molecule has 3 aromatic rings. The minimum absolute atomic E-state index is 0.316. The first-order valence-electron chi connectivity index (χ1n) is 9.76. The summed E-state index contributed by atoms with van der Waals surface area (Å²) in [5.74, 6) is -0.778. The highest BCUT2D eigenvalue weighted by Crippen LogP contribution is 2.30. The van der Waals surface area contributed by atoms with Gasteiger partial charge < -0.3 is 4.74 Å². The van der Waals surface area contributed by atoms with Gasteiger partial charge in [0.1, 0.15) is 11.6 Å². The van der Waals surface area contributed by atoms with E-state index in [1.165, 1.54) is 35.9 Å². The fourth-order valence-electron chi connectivity index (χ4n) is 3.16. The van der Waals surface area contributed by atoms with Crippen molar-refractivity contribution in [2.75, 3.05) is 0 Å². The minimum atomic E-state index is -4.75. The van der Waals surface area contributed by atoms with E-state index in [1.54, 1.807) is 12.1 Å². The molecule has 3 aromatic carbocycles. The molecule has 0 saturated heterocycles. The Kier molecular flexibility index (Phi) is 6.93. The second kappa shape index (κ2) is 9.61. The normalized spacial score (nSPS) is 11.8. The molecule has 0 spiro atoms. The highest BCUT2D eigenvalue weighted by molar-refractivity contribution is 5.71. The summed E-state index contributed by atoms with van der Waals surface area (Å²) in [6, 6.07) is 18.0. The quantitative estimate of drug-likeness (QED) is 0.281. The van der Waals surface area contributed by atoms with Crippen LogP contribution >= 0.6 is 0 Å². The third-order valence-electron chi connectivity index (χ3n) is 4.66. The van der Waals surface area contributed by atoms with Crippen LogP contribution in [0.1, 0.15) is 25.3 Å². The number of aryl methyl sites for hydroxylation is 1. The number of benzene rings is 3. The van der Waals surface area contributed by atoms with E-state index in [1.807, 2.05) is 24.3 Å². The smallest absolute Gasteiger partial charge is 0.406 e. The first-order valence-corrected chi connectivity index (χ1v) is 9.76. The molecule has 3 rings (SSSR count). The maximum atomic E-state index is 14.7. The molecule has 1 nitrogen and oxygen atoms in total. The Balaban J connectivity index is 1.73. The van der Waals surface area contributed by atoms with Gasteiger partial charge in [0.25, 0.3) is 0 Å². The zero-order valence-electron chi connectivity index (χ0n) is 16.5. The van der Waals surface area contributed by atoms with Crippen LogP contribution < -0.4 is 4.74 Å². The van der Waals surface area contributed by atoms with Gasteiger partial charge in [0, 0.05) is 5.56 Å². The van der Waals surface area contributed by atoms with Crippen LogP contribution in [0.2, 0.25) is 0 Å². The Morgan fingerprint density at radius 2 is 1.43 bits per heavy atom. The molecule has 0 fully saturated rings. The molecule has 0 bridgehead atoms. The molecule has 156 valence electrons. The van der Waals surface area contributed by atoms with Gasteiger partial charge in [-0.05, 0) is 59.7 Å². The van der Waals surface area contributed by atoms with Crippen LogP contribution in [0, 0.1) is 5.82 Å². The van der Waals surface area contributed by atoms with Crippen molar-refractivity contribution in [2.24, 2.45) is 0 Å². The van der Waals surface area contributed by atoms with E-state index < -0.39 is 12.2 Å². The summed E-state index contributed by atoms with van der Waals surface area (Å²) in [7, 11) is 0. The standard InChI is InChI=1S/C25H22F4O/c1-2-3-4-5-6-18-7-9-19(10-8-18)21-13-16-23(24(26)17-21)20-11-14-22(15-12-20)30-25(27,28)29/h3-4,7-17H,2,5-6H2,1H3. The number of hydrogen-bond donors (Lipinski definition) is 0. The summed E-state index contributed by atoms with van der Waals surface area (Å²) in [6.07, 6.45) is 2.54. The van der Waals surface area contributed by atoms with Crippen LogP contribution in [-0.2, 0) is 6.42 Å². The summed E-state index contributed by atoms with van der Waals surface area (Å²) >= 11 is 0. The van der Waals surface area contributed by atoms with Crippen LogP contribution in [0.25, 0.3) is 22.3 Å². The predicted molar refractivity (Wildman–Crippen MR) is 112 cm³/mol. The second-order valence-corrected chi connectivity index (χ2v) is 6.88. The molecule has 30 heavy (non-hydrogen) atoms. The first kappa shape index (κ1) is 21.6. The third kappa shape index (κ3) is 5.96. The molecule has 0 aliphatic rings. The predicted octanol–water partition coefficient (Wildman–Crippen LogP) is 7.96. The van der Waals surface area contributed by atoms with Crippen molar-refractivity contribution in [3.8, 4) is 28.0 Å². The van der Waals surface area contributed by atoms with Crippen LogP contribution in [-0.4, -0.2) is 6.36 Å². The molecule has 0 unspecified atom stereocenters. The summed E-state index contributed by atoms with van der Waals surface area (Å²) in [5, 5.41) is 0. The SMILES string of the molecule is CCC=CCCc1ccc(-c2ccc(-c3ccc(OC(F)(F)F)cc3)c(F)c2)cc1. The Bertz CT molecular complexity index is 987. The molecule has 0 saturated carbocycles. The lowest BCUT2D eigenvalue weighted by atomic mass is 9.98. The Morgan fingerprint density at radius 1 is 0.800 bits per heavy atom. The minimum Gasteiger partial charge on any atom is -0.406 e. The lowest BCUT2D eigenvalue weighted by Crippen LogP contribution is -2.16. The average molecular weight is 414 g/mol. The number of allylic oxidation sites excluding steroid dienone is 2. The van der Waals surface area contributed by atoms with Crippen molar-refractivity contribution < 1.29 is 22.3 Å². The van der Waals surface area contributed by atoms with Crippen LogP contribution in [0.15, 0.2) is 78.9 Å². The summed E-state index contributed by atoms with van der Waals surface area (Å²) in [6.45, 7) is 2.10. The molecule has 0 aliphatic heterocycles. The van der Waals surface area contributed by atoms with Crippen molar-refractivity contribution in [3.63, 3.8) is 0 Å². The van der Waals surface area contributed by atoms with Gasteiger partial charge in [0.05, 0.1) is 0 Å². The summed E-state index contributed by atoms with van der Waals surface area (Å²) in [5.41, 5.74) is 3.66. The Morgan fingerprint density at radius 3 is 2.03 bits per heavy atom. The molecule has 0 N–H and O–H groups in total. The van der Waals surface area contributed by atoms with Gasteiger partial charge in [-0.2, -0.15) is 0 Å². The van der Waals surface area contributed by atoms with Crippen LogP contribution in [0.3, 0.4) is 0 Å². The molecule has 0 radical (unpaired) electrons. The average Bonchev–Trinajstić information content (AvgIpc) is 2.71. The molecule has 0 amide bonds. The molecule has 0 heterocycles. The van der Waals surface area contributed by atoms with E-state index in [2.05, 4.69) is 23.8 Å². The topological polar surface area (TPSA) is 9.23 Å². The van der Waals surface area contributed by atoms with Gasteiger partial charge in [-0.15, -0.1) is 13.2 Å². The van der Waals surface area contributed by atoms with Gasteiger partial charge in [-0.25, -0.2) is 4.39 Å². The van der Waals surface area contributed by atoms with E-state index in [-0.39, 0.29) is 5.75 Å². The largest absolute Gasteiger partial charge is 0.573 e. The van der Waals surface area contributed by atoms with Crippen LogP contribution in [0.5, 0.6) is 5.75 Å². The van der Waals surface area contributed by atoms with Gasteiger partial charge in [-0.1, -0.05) is 67.6 Å². The highest BCUT2D eigenvalue weighted by Gasteiger charge is 2.31. The Hall–Kier alpha value is -3.08. The van der Waals surface area contributed by atoms with E-state index in [9.17, 15) is 17.6 Å². The van der Waals surface area contributed by atoms with Crippen molar-refractivity contribution in [1.82, 2.24) is 0 Å². The number of alkyl halides is 3. The maximum Gasteiger partial charge on any atom is 0.573 e. The third-order valence-corrected chi connectivity index (χ3v) is 4.66. The number of halogens is 4. The van der Waals surface area contributed by atoms with Crippen molar-refractivity contribution in [3.05, 3.63) is 90.3 Å². The molecule has 0 aromatic heterocycles. The molecular weight excluding hydrogens is 392 g/mol. The summed E-state index contributed by atoms with van der Waals surface area (Å²) < 4.78 is 55.3. The lowest BCUT2D eigenvalue weighted by molar-refractivity contribution is -0.274.